The lowest BCUT2D eigenvalue weighted by atomic mass is 10.2. The summed E-state index contributed by atoms with van der Waals surface area (Å²) in [6.07, 6.45) is 6.97. The number of methoxy groups -OCH3 is 1. The Kier molecular flexibility index (Phi) is 6.07. The number of rotatable bonds is 6. The Labute approximate surface area is 160 Å². The number of carboxylic acid groups (broad SMARTS) is 1. The molecule has 1 atom stereocenters. The van der Waals surface area contributed by atoms with Gasteiger partial charge in [-0.15, -0.1) is 10.2 Å². The number of aromatic nitrogens is 8. The second-order valence-corrected chi connectivity index (χ2v) is 5.76. The van der Waals surface area contributed by atoms with Crippen LogP contribution in [0.25, 0.3) is 17.2 Å². The molecule has 4 aromatic rings. The molecule has 11 heteroatoms. The van der Waals surface area contributed by atoms with Crippen LogP contribution in [-0.2, 0) is 16.1 Å². The lowest BCUT2D eigenvalue weighted by Crippen LogP contribution is -2.16. The third kappa shape index (κ3) is 3.74. The first-order valence-electron chi connectivity index (χ1n) is 8.47. The number of hydrogen-bond acceptors (Lipinski definition) is 7. The van der Waals surface area contributed by atoms with E-state index in [9.17, 15) is 0 Å². The lowest BCUT2D eigenvalue weighted by molar-refractivity contribution is -0.122. The van der Waals surface area contributed by atoms with Gasteiger partial charge in [0.1, 0.15) is 18.3 Å². The average Bonchev–Trinajstić information content (AvgIpc) is 3.46. The summed E-state index contributed by atoms with van der Waals surface area (Å²) in [4.78, 5) is 17.1. The zero-order valence-corrected chi connectivity index (χ0v) is 15.5. The summed E-state index contributed by atoms with van der Waals surface area (Å²) in [5.41, 5.74) is 1.65. The molecule has 146 valence electrons. The Bertz CT molecular complexity index is 1040. The molecule has 0 spiro atoms. The van der Waals surface area contributed by atoms with Gasteiger partial charge in [-0.1, -0.05) is 6.07 Å². The van der Waals surface area contributed by atoms with Crippen molar-refractivity contribution in [1.82, 2.24) is 38.9 Å². The topological polar surface area (TPSA) is 125 Å². The number of imidazole rings is 1. The SMILES string of the molecule is COCCn1cnnc1C(C)n1ccnc1-c1cccc2ncnn12.O=CO. The number of pyridine rings is 1. The minimum atomic E-state index is -0.250. The summed E-state index contributed by atoms with van der Waals surface area (Å²) in [6, 6.07) is 5.79. The van der Waals surface area contributed by atoms with Crippen LogP contribution in [-0.4, -0.2) is 64.2 Å². The van der Waals surface area contributed by atoms with Gasteiger partial charge in [0.15, 0.2) is 17.3 Å². The Morgan fingerprint density at radius 3 is 2.93 bits per heavy atom. The van der Waals surface area contributed by atoms with E-state index in [4.69, 9.17) is 14.6 Å². The van der Waals surface area contributed by atoms with E-state index < -0.39 is 0 Å². The van der Waals surface area contributed by atoms with E-state index in [-0.39, 0.29) is 12.5 Å². The molecule has 0 aliphatic heterocycles. The fourth-order valence-electron chi connectivity index (χ4n) is 2.91. The molecule has 11 nitrogen and oxygen atoms in total. The fourth-order valence-corrected chi connectivity index (χ4v) is 2.91. The molecule has 0 bridgehead atoms. The number of carbonyl (C=O) groups is 1. The van der Waals surface area contributed by atoms with Crippen molar-refractivity contribution >= 4 is 12.1 Å². The highest BCUT2D eigenvalue weighted by Gasteiger charge is 2.20. The van der Waals surface area contributed by atoms with Crippen molar-refractivity contribution in [2.75, 3.05) is 13.7 Å². The van der Waals surface area contributed by atoms with E-state index in [0.29, 0.717) is 13.2 Å². The number of ether oxygens (including phenoxy) is 1. The van der Waals surface area contributed by atoms with Crippen molar-refractivity contribution in [2.45, 2.75) is 19.5 Å². The highest BCUT2D eigenvalue weighted by atomic mass is 16.5. The maximum atomic E-state index is 8.36. The summed E-state index contributed by atoms with van der Waals surface area (Å²) in [5, 5.41) is 19.5. The van der Waals surface area contributed by atoms with Gasteiger partial charge >= 0.3 is 0 Å². The van der Waals surface area contributed by atoms with E-state index >= 15 is 0 Å². The molecule has 0 saturated carbocycles. The third-order valence-corrected chi connectivity index (χ3v) is 4.17. The van der Waals surface area contributed by atoms with Crippen LogP contribution in [0.4, 0.5) is 0 Å². The minimum absolute atomic E-state index is 0.0457. The first-order chi connectivity index (χ1) is 13.7. The zero-order chi connectivity index (χ0) is 19.9. The van der Waals surface area contributed by atoms with Crippen molar-refractivity contribution in [3.05, 3.63) is 49.1 Å². The molecular weight excluding hydrogens is 364 g/mol. The van der Waals surface area contributed by atoms with Crippen molar-refractivity contribution < 1.29 is 14.6 Å². The van der Waals surface area contributed by atoms with Crippen molar-refractivity contribution in [2.24, 2.45) is 0 Å². The van der Waals surface area contributed by atoms with Gasteiger partial charge in [-0.2, -0.15) is 5.10 Å². The second-order valence-electron chi connectivity index (χ2n) is 5.76. The molecule has 28 heavy (non-hydrogen) atoms. The largest absolute Gasteiger partial charge is 0.483 e. The molecule has 1 unspecified atom stereocenters. The van der Waals surface area contributed by atoms with Crippen LogP contribution >= 0.6 is 0 Å². The van der Waals surface area contributed by atoms with Gasteiger partial charge in [-0.25, -0.2) is 14.5 Å². The Hall–Kier alpha value is -3.60. The summed E-state index contributed by atoms with van der Waals surface area (Å²) in [6.45, 7) is 3.12. The Morgan fingerprint density at radius 2 is 2.14 bits per heavy atom. The van der Waals surface area contributed by atoms with Gasteiger partial charge in [0, 0.05) is 26.0 Å². The molecule has 4 heterocycles. The minimum Gasteiger partial charge on any atom is -0.483 e. The molecule has 0 aliphatic carbocycles. The number of hydrogen-bond donors (Lipinski definition) is 1. The molecule has 0 radical (unpaired) electrons. The normalized spacial score (nSPS) is 11.8. The van der Waals surface area contributed by atoms with Crippen LogP contribution in [0, 0.1) is 0 Å². The highest BCUT2D eigenvalue weighted by Crippen LogP contribution is 2.24. The van der Waals surface area contributed by atoms with Gasteiger partial charge in [0.05, 0.1) is 12.6 Å². The molecule has 0 aliphatic rings. The molecule has 4 aromatic heterocycles. The lowest BCUT2D eigenvalue weighted by Gasteiger charge is -2.17. The third-order valence-electron chi connectivity index (χ3n) is 4.17. The first-order valence-corrected chi connectivity index (χ1v) is 8.47. The predicted molar refractivity (Wildman–Crippen MR) is 98.6 cm³/mol. The fraction of sp³-hybridized carbons (Fsp3) is 0.294. The Balaban J connectivity index is 0.000000706. The van der Waals surface area contributed by atoms with Crippen LogP contribution in [0.3, 0.4) is 0 Å². The van der Waals surface area contributed by atoms with Crippen LogP contribution < -0.4 is 0 Å². The van der Waals surface area contributed by atoms with E-state index in [0.717, 1.165) is 23.0 Å². The molecule has 0 fully saturated rings. The van der Waals surface area contributed by atoms with E-state index in [2.05, 4.69) is 36.8 Å². The smallest absolute Gasteiger partial charge is 0.290 e. The first kappa shape index (κ1) is 19.2. The van der Waals surface area contributed by atoms with Gasteiger partial charge in [0.2, 0.25) is 0 Å². The zero-order valence-electron chi connectivity index (χ0n) is 15.5. The number of nitrogens with zero attached hydrogens (tertiary/aromatic N) is 8. The number of fused-ring (bicyclic) bond motifs is 1. The van der Waals surface area contributed by atoms with Crippen LogP contribution in [0.2, 0.25) is 0 Å². The summed E-state index contributed by atoms with van der Waals surface area (Å²) in [7, 11) is 1.68. The molecular formula is C17H20N8O3. The molecule has 0 saturated heterocycles. The maximum absolute atomic E-state index is 8.36. The summed E-state index contributed by atoms with van der Waals surface area (Å²) >= 11 is 0. The van der Waals surface area contributed by atoms with Gasteiger partial charge in [-0.3, -0.25) is 4.79 Å². The van der Waals surface area contributed by atoms with Crippen molar-refractivity contribution in [1.29, 1.82) is 0 Å². The Morgan fingerprint density at radius 1 is 1.32 bits per heavy atom. The molecule has 0 amide bonds. The van der Waals surface area contributed by atoms with Crippen LogP contribution in [0.5, 0.6) is 0 Å². The van der Waals surface area contributed by atoms with Gasteiger partial charge in [-0.05, 0) is 19.1 Å². The van der Waals surface area contributed by atoms with E-state index in [1.165, 1.54) is 6.33 Å². The van der Waals surface area contributed by atoms with Gasteiger partial charge < -0.3 is 19.0 Å². The van der Waals surface area contributed by atoms with E-state index in [1.807, 2.05) is 29.0 Å². The van der Waals surface area contributed by atoms with Crippen LogP contribution in [0.15, 0.2) is 43.2 Å². The van der Waals surface area contributed by atoms with Crippen molar-refractivity contribution in [3.8, 4) is 11.5 Å². The monoisotopic (exact) mass is 384 g/mol. The molecule has 4 rings (SSSR count). The van der Waals surface area contributed by atoms with Gasteiger partial charge in [0.25, 0.3) is 6.47 Å². The second kappa shape index (κ2) is 8.86. The quantitative estimate of drug-likeness (QED) is 0.491. The van der Waals surface area contributed by atoms with E-state index in [1.54, 1.807) is 24.1 Å². The highest BCUT2D eigenvalue weighted by molar-refractivity contribution is 5.56. The summed E-state index contributed by atoms with van der Waals surface area (Å²) in [5.74, 6) is 1.65. The standard InChI is InChI=1S/C16H18N8O.CH2O2/c1-12(15-21-19-11-22(15)8-9-25-2)23-7-6-17-16(23)13-4-3-5-14-18-10-20-24(13)14;2-1-3/h3-7,10-12H,8-9H2,1-2H3;1H,(H,2,3). The predicted octanol–water partition coefficient (Wildman–Crippen LogP) is 1.14. The van der Waals surface area contributed by atoms with Crippen molar-refractivity contribution in [3.63, 3.8) is 0 Å². The average molecular weight is 384 g/mol. The maximum Gasteiger partial charge on any atom is 0.290 e. The molecule has 1 N–H and O–H groups in total. The molecule has 0 aromatic carbocycles. The summed E-state index contributed by atoms with van der Waals surface area (Å²) < 4.78 is 11.0. The van der Waals surface area contributed by atoms with Crippen LogP contribution in [0.1, 0.15) is 18.8 Å².